The molecule has 3 aromatic carbocycles. The van der Waals surface area contributed by atoms with Crippen molar-refractivity contribution in [3.63, 3.8) is 0 Å². The van der Waals surface area contributed by atoms with Crippen LogP contribution in [0.4, 0.5) is 5.95 Å². The highest BCUT2D eigenvalue weighted by molar-refractivity contribution is 5.70. The second-order valence-electron chi connectivity index (χ2n) is 10.3. The molecular weight excluding hydrogens is 564 g/mol. The molecule has 1 fully saturated rings. The first kappa shape index (κ1) is 28.9. The third-order valence-electron chi connectivity index (χ3n) is 7.88. The van der Waals surface area contributed by atoms with Crippen LogP contribution in [0, 0.1) is 17.2 Å². The molecule has 0 radical (unpaired) electrons. The van der Waals surface area contributed by atoms with Gasteiger partial charge in [0.2, 0.25) is 5.95 Å². The molecule has 44 heavy (non-hydrogen) atoms. The normalized spacial score (nSPS) is 20.0. The van der Waals surface area contributed by atoms with E-state index in [1.54, 1.807) is 14.2 Å². The SMILES string of the molecule is COc1ccc(C(OC[C@H]2O[C@@H](n3cnc4c(=O)[nH]c(N)nc43)[C@H](C#N)[C@@H]2O)(c2ccccc2)c2ccc(OC)cc2)cc1. The molecule has 3 heterocycles. The number of ether oxygens (including phenoxy) is 4. The highest BCUT2D eigenvalue weighted by atomic mass is 16.6. The summed E-state index contributed by atoms with van der Waals surface area (Å²) in [5.41, 5.74) is 6.70. The van der Waals surface area contributed by atoms with Gasteiger partial charge in [-0.15, -0.1) is 0 Å². The van der Waals surface area contributed by atoms with E-state index in [0.29, 0.717) is 11.5 Å². The fourth-order valence-electron chi connectivity index (χ4n) is 5.67. The average Bonchev–Trinajstić information content (AvgIpc) is 3.62. The largest absolute Gasteiger partial charge is 0.497 e. The topological polar surface area (TPSA) is 171 Å². The molecule has 4 atom stereocenters. The summed E-state index contributed by atoms with van der Waals surface area (Å²) >= 11 is 0. The van der Waals surface area contributed by atoms with Gasteiger partial charge in [-0.3, -0.25) is 14.3 Å². The number of aliphatic hydroxyl groups excluding tert-OH is 1. The number of nitrogen functional groups attached to an aromatic ring is 1. The maximum absolute atomic E-state index is 12.4. The molecule has 2 aromatic heterocycles. The van der Waals surface area contributed by atoms with Gasteiger partial charge in [0.1, 0.15) is 35.2 Å². The Hall–Kier alpha value is -5.22. The van der Waals surface area contributed by atoms with Crippen LogP contribution in [0.3, 0.4) is 0 Å². The number of nitrogens with two attached hydrogens (primary N) is 1. The number of methoxy groups -OCH3 is 2. The summed E-state index contributed by atoms with van der Waals surface area (Å²) in [7, 11) is 3.20. The maximum Gasteiger partial charge on any atom is 0.280 e. The zero-order valence-corrected chi connectivity index (χ0v) is 24.0. The molecule has 0 saturated carbocycles. The molecule has 224 valence electrons. The van der Waals surface area contributed by atoms with Crippen LogP contribution in [0.1, 0.15) is 22.9 Å². The number of nitrogens with zero attached hydrogens (tertiary/aromatic N) is 4. The average molecular weight is 595 g/mol. The standard InChI is InChI=1S/C32H30N6O6/c1-41-22-12-8-20(9-13-22)32(19-6-4-3-5-7-19,21-10-14-23(42-2)15-11-21)43-17-25-27(39)24(16-33)30(44-25)38-18-35-26-28(38)36-31(34)37-29(26)40/h3-15,18,24-25,27,30,39H,17H2,1-2H3,(H3,34,36,37,40)/t24-,25-,27+,30-/m1/s1. The summed E-state index contributed by atoms with van der Waals surface area (Å²) in [4.78, 5) is 23.1. The fourth-order valence-corrected chi connectivity index (χ4v) is 5.67. The van der Waals surface area contributed by atoms with Crippen LogP contribution in [0.2, 0.25) is 0 Å². The number of imidazole rings is 1. The molecular formula is C32H30N6O6. The van der Waals surface area contributed by atoms with Crippen LogP contribution < -0.4 is 20.8 Å². The molecule has 0 spiro atoms. The van der Waals surface area contributed by atoms with E-state index >= 15 is 0 Å². The van der Waals surface area contributed by atoms with Gasteiger partial charge in [-0.05, 0) is 41.0 Å². The highest BCUT2D eigenvalue weighted by Crippen LogP contribution is 2.43. The van der Waals surface area contributed by atoms with Crippen molar-refractivity contribution in [1.29, 1.82) is 5.26 Å². The first-order chi connectivity index (χ1) is 21.4. The number of hydrogen-bond acceptors (Lipinski definition) is 10. The lowest BCUT2D eigenvalue weighted by molar-refractivity contribution is -0.0932. The molecule has 0 amide bonds. The van der Waals surface area contributed by atoms with Crippen molar-refractivity contribution in [2.45, 2.75) is 24.0 Å². The number of rotatable bonds is 9. The Morgan fingerprint density at radius 2 is 1.59 bits per heavy atom. The van der Waals surface area contributed by atoms with Crippen molar-refractivity contribution in [3.8, 4) is 17.6 Å². The summed E-state index contributed by atoms with van der Waals surface area (Å²) in [5, 5.41) is 21.4. The van der Waals surface area contributed by atoms with Crippen molar-refractivity contribution in [3.05, 3.63) is 112 Å². The van der Waals surface area contributed by atoms with Gasteiger partial charge in [-0.1, -0.05) is 54.6 Å². The van der Waals surface area contributed by atoms with Crippen LogP contribution in [0.15, 0.2) is 90.0 Å². The maximum atomic E-state index is 12.4. The number of anilines is 1. The number of hydrogen-bond donors (Lipinski definition) is 3. The minimum absolute atomic E-state index is 0.0378. The first-order valence-electron chi connectivity index (χ1n) is 13.8. The van der Waals surface area contributed by atoms with Crippen molar-refractivity contribution in [1.82, 2.24) is 19.5 Å². The van der Waals surface area contributed by atoms with E-state index in [4.69, 9.17) is 24.7 Å². The van der Waals surface area contributed by atoms with Gasteiger partial charge in [0.15, 0.2) is 17.4 Å². The number of aromatic amines is 1. The van der Waals surface area contributed by atoms with Gasteiger partial charge < -0.3 is 29.8 Å². The molecule has 0 aliphatic carbocycles. The smallest absolute Gasteiger partial charge is 0.280 e. The quantitative estimate of drug-likeness (QED) is 0.215. The van der Waals surface area contributed by atoms with E-state index in [2.05, 4.69) is 21.0 Å². The van der Waals surface area contributed by atoms with Crippen LogP contribution >= 0.6 is 0 Å². The van der Waals surface area contributed by atoms with Crippen molar-refractivity contribution in [2.24, 2.45) is 5.92 Å². The molecule has 1 aliphatic heterocycles. The van der Waals surface area contributed by atoms with Crippen molar-refractivity contribution >= 4 is 17.1 Å². The number of nitriles is 1. The Kier molecular flexibility index (Phi) is 7.75. The predicted octanol–water partition coefficient (Wildman–Crippen LogP) is 3.13. The molecule has 6 rings (SSSR count). The van der Waals surface area contributed by atoms with Crippen LogP contribution in [0.5, 0.6) is 11.5 Å². The summed E-state index contributed by atoms with van der Waals surface area (Å²) in [5.74, 6) is 0.236. The number of nitrogens with one attached hydrogen (secondary N) is 1. The Morgan fingerprint density at radius 3 is 2.16 bits per heavy atom. The lowest BCUT2D eigenvalue weighted by Gasteiger charge is -2.37. The highest BCUT2D eigenvalue weighted by Gasteiger charge is 2.48. The van der Waals surface area contributed by atoms with Crippen LogP contribution in [-0.4, -0.2) is 57.7 Å². The van der Waals surface area contributed by atoms with E-state index in [1.807, 2.05) is 78.9 Å². The van der Waals surface area contributed by atoms with Gasteiger partial charge in [-0.2, -0.15) is 10.2 Å². The van der Waals surface area contributed by atoms with Gasteiger partial charge in [0.25, 0.3) is 5.56 Å². The molecule has 0 unspecified atom stereocenters. The second kappa shape index (κ2) is 11.8. The summed E-state index contributed by atoms with van der Waals surface area (Å²) in [6.45, 7) is -0.106. The minimum Gasteiger partial charge on any atom is -0.497 e. The first-order valence-corrected chi connectivity index (χ1v) is 13.8. The van der Waals surface area contributed by atoms with Crippen LogP contribution in [0.25, 0.3) is 11.2 Å². The number of benzene rings is 3. The number of aromatic nitrogens is 4. The molecule has 12 nitrogen and oxygen atoms in total. The van der Waals surface area contributed by atoms with Crippen molar-refractivity contribution < 1.29 is 24.1 Å². The third-order valence-corrected chi connectivity index (χ3v) is 7.88. The van der Waals surface area contributed by atoms with E-state index in [-0.39, 0.29) is 23.7 Å². The van der Waals surface area contributed by atoms with Gasteiger partial charge in [-0.25, -0.2) is 4.98 Å². The monoisotopic (exact) mass is 594 g/mol. The Morgan fingerprint density at radius 1 is 1.00 bits per heavy atom. The molecule has 12 heteroatoms. The van der Waals surface area contributed by atoms with Crippen molar-refractivity contribution in [2.75, 3.05) is 26.6 Å². The Labute approximate surface area is 252 Å². The van der Waals surface area contributed by atoms with Crippen LogP contribution in [-0.2, 0) is 15.1 Å². The third kappa shape index (κ3) is 4.92. The molecule has 4 N–H and O–H groups in total. The second-order valence-corrected chi connectivity index (χ2v) is 10.3. The van der Waals surface area contributed by atoms with Gasteiger partial charge in [0.05, 0.1) is 33.2 Å². The molecule has 1 aliphatic rings. The molecule has 5 aromatic rings. The lowest BCUT2D eigenvalue weighted by Crippen LogP contribution is -2.38. The van der Waals surface area contributed by atoms with Gasteiger partial charge in [0, 0.05) is 0 Å². The molecule has 0 bridgehead atoms. The van der Waals surface area contributed by atoms with Gasteiger partial charge >= 0.3 is 0 Å². The Balaban J connectivity index is 1.41. The minimum atomic E-state index is -1.23. The van der Waals surface area contributed by atoms with E-state index in [9.17, 15) is 15.2 Å². The lowest BCUT2D eigenvalue weighted by atomic mass is 9.80. The predicted molar refractivity (Wildman–Crippen MR) is 160 cm³/mol. The number of aliphatic hydroxyl groups is 1. The van der Waals surface area contributed by atoms with E-state index in [1.165, 1.54) is 10.9 Å². The zero-order chi connectivity index (χ0) is 30.8. The zero-order valence-electron chi connectivity index (χ0n) is 24.0. The Bertz CT molecular complexity index is 1800. The summed E-state index contributed by atoms with van der Waals surface area (Å²) < 4.78 is 25.4. The van der Waals surface area contributed by atoms with E-state index < -0.39 is 35.5 Å². The molecule has 1 saturated heterocycles. The summed E-state index contributed by atoms with van der Waals surface area (Å²) in [6, 6.07) is 27.0. The van der Waals surface area contributed by atoms with E-state index in [0.717, 1.165) is 16.7 Å². The summed E-state index contributed by atoms with van der Waals surface area (Å²) in [6.07, 6.45) is -1.82. The fraction of sp³-hybridized carbons (Fsp3) is 0.250. The number of fused-ring (bicyclic) bond motifs is 1. The number of H-pyrrole nitrogens is 1.